The fraction of sp³-hybridized carbons (Fsp3) is 0.444. The van der Waals surface area contributed by atoms with Gasteiger partial charge in [0.15, 0.2) is 11.0 Å². The number of benzene rings is 1. The van der Waals surface area contributed by atoms with E-state index in [4.69, 9.17) is 5.11 Å². The van der Waals surface area contributed by atoms with E-state index in [1.807, 2.05) is 4.57 Å². The van der Waals surface area contributed by atoms with Gasteiger partial charge in [-0.25, -0.2) is 0 Å². The Balaban J connectivity index is 2.29. The number of nitrogens with zero attached hydrogens (tertiary/aromatic N) is 3. The summed E-state index contributed by atoms with van der Waals surface area (Å²) in [5.74, 6) is 1.14. The quantitative estimate of drug-likeness (QED) is 0.595. The summed E-state index contributed by atoms with van der Waals surface area (Å²) in [5, 5.41) is 27.7. The van der Waals surface area contributed by atoms with Gasteiger partial charge in [0.25, 0.3) is 0 Å². The molecule has 130 valence electrons. The minimum Gasteiger partial charge on any atom is -0.394 e. The van der Waals surface area contributed by atoms with Crippen LogP contribution >= 0.6 is 11.8 Å². The van der Waals surface area contributed by atoms with Crippen LogP contribution in [0.5, 0.6) is 0 Å². The predicted octanol–water partition coefficient (Wildman–Crippen LogP) is 2.87. The number of aromatic nitrogens is 3. The third-order valence-electron chi connectivity index (χ3n) is 3.65. The number of aliphatic hydroxyl groups is 2. The molecular weight excluding hydrogens is 322 g/mol. The fourth-order valence-corrected chi connectivity index (χ4v) is 3.11. The lowest BCUT2D eigenvalue weighted by Gasteiger charge is -2.19. The van der Waals surface area contributed by atoms with Crippen molar-refractivity contribution in [3.63, 3.8) is 0 Å². The van der Waals surface area contributed by atoms with Crippen molar-refractivity contribution in [2.75, 3.05) is 12.4 Å². The van der Waals surface area contributed by atoms with Crippen LogP contribution in [0.1, 0.15) is 26.3 Å². The number of hydrogen-bond acceptors (Lipinski definition) is 5. The standard InChI is InChI=1S/C18H25N3O2S/c1-5-10-21-16(19-20-17(21)24-12-15(23)11-22)13-6-8-14(9-7-13)18(2,3)4/h5-9,15,22-23H,1,10-12H2,2-4H3. The summed E-state index contributed by atoms with van der Waals surface area (Å²) in [6.07, 6.45) is 1.03. The molecule has 5 nitrogen and oxygen atoms in total. The highest BCUT2D eigenvalue weighted by Crippen LogP contribution is 2.27. The van der Waals surface area contributed by atoms with Crippen LogP contribution in [-0.4, -0.2) is 43.4 Å². The molecule has 0 aliphatic heterocycles. The highest BCUT2D eigenvalue weighted by atomic mass is 32.2. The molecule has 0 spiro atoms. The maximum atomic E-state index is 9.52. The molecule has 0 amide bonds. The van der Waals surface area contributed by atoms with E-state index in [0.717, 1.165) is 11.4 Å². The van der Waals surface area contributed by atoms with E-state index in [-0.39, 0.29) is 12.0 Å². The van der Waals surface area contributed by atoms with Crippen LogP contribution < -0.4 is 0 Å². The third-order valence-corrected chi connectivity index (χ3v) is 4.76. The Morgan fingerprint density at radius 1 is 1.25 bits per heavy atom. The maximum Gasteiger partial charge on any atom is 0.191 e. The lowest BCUT2D eigenvalue weighted by Crippen LogP contribution is -2.15. The predicted molar refractivity (Wildman–Crippen MR) is 98.2 cm³/mol. The highest BCUT2D eigenvalue weighted by molar-refractivity contribution is 7.99. The summed E-state index contributed by atoms with van der Waals surface area (Å²) >= 11 is 1.37. The average Bonchev–Trinajstić information content (AvgIpc) is 2.95. The second-order valence-corrected chi connectivity index (χ2v) is 7.67. The van der Waals surface area contributed by atoms with Gasteiger partial charge in [-0.05, 0) is 11.0 Å². The van der Waals surface area contributed by atoms with E-state index >= 15 is 0 Å². The Bertz CT molecular complexity index is 675. The number of hydrogen-bond donors (Lipinski definition) is 2. The van der Waals surface area contributed by atoms with Crippen LogP contribution in [0.2, 0.25) is 0 Å². The van der Waals surface area contributed by atoms with E-state index in [1.165, 1.54) is 17.3 Å². The van der Waals surface area contributed by atoms with Gasteiger partial charge in [0.05, 0.1) is 12.7 Å². The Kier molecular flexibility index (Phi) is 6.21. The molecule has 1 unspecified atom stereocenters. The highest BCUT2D eigenvalue weighted by Gasteiger charge is 2.17. The van der Waals surface area contributed by atoms with Crippen molar-refractivity contribution in [2.45, 2.75) is 44.0 Å². The van der Waals surface area contributed by atoms with E-state index in [9.17, 15) is 5.11 Å². The summed E-state index contributed by atoms with van der Waals surface area (Å²) in [7, 11) is 0. The molecule has 2 rings (SSSR count). The molecule has 0 aliphatic rings. The first-order valence-electron chi connectivity index (χ1n) is 7.93. The molecule has 0 bridgehead atoms. The van der Waals surface area contributed by atoms with Crippen LogP contribution in [0.4, 0.5) is 0 Å². The minimum absolute atomic E-state index is 0.106. The first kappa shape index (κ1) is 18.7. The van der Waals surface area contributed by atoms with Gasteiger partial charge in [0.1, 0.15) is 0 Å². The number of aliphatic hydroxyl groups excluding tert-OH is 2. The largest absolute Gasteiger partial charge is 0.394 e. The van der Waals surface area contributed by atoms with Gasteiger partial charge in [-0.3, -0.25) is 4.57 Å². The van der Waals surface area contributed by atoms with Crippen molar-refractivity contribution < 1.29 is 10.2 Å². The molecule has 0 radical (unpaired) electrons. The zero-order valence-electron chi connectivity index (χ0n) is 14.4. The van der Waals surface area contributed by atoms with E-state index in [2.05, 4.69) is 61.8 Å². The van der Waals surface area contributed by atoms with Crippen molar-refractivity contribution in [3.8, 4) is 11.4 Å². The summed E-state index contributed by atoms with van der Waals surface area (Å²) in [4.78, 5) is 0. The van der Waals surface area contributed by atoms with Gasteiger partial charge >= 0.3 is 0 Å². The van der Waals surface area contributed by atoms with Gasteiger partial charge in [0.2, 0.25) is 0 Å². The second kappa shape index (κ2) is 7.96. The maximum absolute atomic E-state index is 9.52. The lowest BCUT2D eigenvalue weighted by atomic mass is 9.87. The molecule has 2 aromatic rings. The van der Waals surface area contributed by atoms with Crippen molar-refractivity contribution in [2.24, 2.45) is 0 Å². The van der Waals surface area contributed by atoms with E-state index < -0.39 is 6.10 Å². The molecular formula is C18H25N3O2S. The normalized spacial score (nSPS) is 13.0. The topological polar surface area (TPSA) is 71.2 Å². The van der Waals surface area contributed by atoms with Gasteiger partial charge in [0, 0.05) is 17.9 Å². The minimum atomic E-state index is -0.765. The summed E-state index contributed by atoms with van der Waals surface area (Å²) in [5.41, 5.74) is 2.36. The van der Waals surface area contributed by atoms with Crippen LogP contribution in [0.3, 0.4) is 0 Å². The van der Waals surface area contributed by atoms with Crippen LogP contribution in [0, 0.1) is 0 Å². The van der Waals surface area contributed by atoms with E-state index in [0.29, 0.717) is 17.5 Å². The summed E-state index contributed by atoms with van der Waals surface area (Å²) < 4.78 is 1.97. The zero-order chi connectivity index (χ0) is 17.7. The second-order valence-electron chi connectivity index (χ2n) is 6.68. The lowest BCUT2D eigenvalue weighted by molar-refractivity contribution is 0.113. The molecule has 1 aromatic carbocycles. The Labute approximate surface area is 147 Å². The summed E-state index contributed by atoms with van der Waals surface area (Å²) in [6, 6.07) is 8.34. The molecule has 0 saturated heterocycles. The number of thioether (sulfide) groups is 1. The first-order valence-corrected chi connectivity index (χ1v) is 8.92. The van der Waals surface area contributed by atoms with Crippen LogP contribution in [0.25, 0.3) is 11.4 Å². The molecule has 2 N–H and O–H groups in total. The SMILES string of the molecule is C=CCn1c(SCC(O)CO)nnc1-c1ccc(C(C)(C)C)cc1. The van der Waals surface area contributed by atoms with Crippen molar-refractivity contribution in [1.82, 2.24) is 14.8 Å². The van der Waals surface area contributed by atoms with Crippen LogP contribution in [0.15, 0.2) is 42.1 Å². The Morgan fingerprint density at radius 2 is 1.92 bits per heavy atom. The molecule has 1 aromatic heterocycles. The van der Waals surface area contributed by atoms with E-state index in [1.54, 1.807) is 6.08 Å². The number of allylic oxidation sites excluding steroid dienone is 1. The van der Waals surface area contributed by atoms with Gasteiger partial charge in [-0.15, -0.1) is 16.8 Å². The fourth-order valence-electron chi connectivity index (χ4n) is 2.25. The average molecular weight is 347 g/mol. The van der Waals surface area contributed by atoms with Gasteiger partial charge < -0.3 is 10.2 Å². The van der Waals surface area contributed by atoms with Crippen molar-refractivity contribution in [3.05, 3.63) is 42.5 Å². The first-order chi connectivity index (χ1) is 11.4. The zero-order valence-corrected chi connectivity index (χ0v) is 15.3. The summed E-state index contributed by atoms with van der Waals surface area (Å²) in [6.45, 7) is 10.7. The molecule has 0 aliphatic carbocycles. The molecule has 1 atom stereocenters. The van der Waals surface area contributed by atoms with Crippen molar-refractivity contribution >= 4 is 11.8 Å². The van der Waals surface area contributed by atoms with Gasteiger partial charge in [-0.1, -0.05) is 62.9 Å². The Hall–Kier alpha value is -1.63. The van der Waals surface area contributed by atoms with Crippen LogP contribution in [-0.2, 0) is 12.0 Å². The van der Waals surface area contributed by atoms with Crippen molar-refractivity contribution in [1.29, 1.82) is 0 Å². The smallest absolute Gasteiger partial charge is 0.191 e. The monoisotopic (exact) mass is 347 g/mol. The molecule has 6 heteroatoms. The van der Waals surface area contributed by atoms with Gasteiger partial charge in [-0.2, -0.15) is 0 Å². The molecule has 0 saturated carbocycles. The molecule has 0 fully saturated rings. The number of rotatable bonds is 7. The molecule has 1 heterocycles. The Morgan fingerprint density at radius 3 is 2.46 bits per heavy atom. The molecule has 24 heavy (non-hydrogen) atoms. The third kappa shape index (κ3) is 4.47.